The Morgan fingerprint density at radius 2 is 1.76 bits per heavy atom. The number of ether oxygens (including phenoxy) is 1. The fourth-order valence-electron chi connectivity index (χ4n) is 3.81. The molecule has 0 bridgehead atoms. The van der Waals surface area contributed by atoms with Gasteiger partial charge in [-0.1, -0.05) is 31.2 Å². The minimum atomic E-state index is -0.431. The van der Waals surface area contributed by atoms with E-state index in [-0.39, 0.29) is 18.6 Å². The lowest BCUT2D eigenvalue weighted by Gasteiger charge is -2.37. The van der Waals surface area contributed by atoms with Gasteiger partial charge >= 0.3 is 12.0 Å². The number of carbonyl (C=O) groups is 2. The number of anilines is 2. The van der Waals surface area contributed by atoms with Crippen LogP contribution in [-0.2, 0) is 16.0 Å². The lowest BCUT2D eigenvalue weighted by molar-refractivity contribution is -0.139. The third kappa shape index (κ3) is 5.70. The van der Waals surface area contributed by atoms with Gasteiger partial charge in [0, 0.05) is 23.6 Å². The number of aryl methyl sites for hydroxylation is 1. The minimum Gasteiger partial charge on any atom is -0.463 e. The molecule has 8 heteroatoms. The van der Waals surface area contributed by atoms with Crippen LogP contribution in [0.5, 0.6) is 0 Å². The molecule has 1 aliphatic heterocycles. The van der Waals surface area contributed by atoms with E-state index in [1.165, 1.54) is 0 Å². The molecule has 0 radical (unpaired) electrons. The maximum Gasteiger partial charge on any atom is 0.338 e. The highest BCUT2D eigenvalue weighted by molar-refractivity contribution is 7.80. The van der Waals surface area contributed by atoms with Crippen molar-refractivity contribution in [3.05, 3.63) is 70.9 Å². The molecular weight excluding hydrogens is 436 g/mol. The highest BCUT2D eigenvalue weighted by Gasteiger charge is 2.34. The van der Waals surface area contributed by atoms with Crippen LogP contribution in [0.2, 0.25) is 0 Å². The standard InChI is InChI=1S/C25H30N4O3S/c1-5-17-9-8-10-20(15-17)27-24(31)26-19-13-11-18(12-14-19)22-21(23(30)32-7-3)16(4)29(6-2)25(33)28-22/h8-15,22H,5-7H2,1-4H3,(H,28,33)(H2,26,27,31). The van der Waals surface area contributed by atoms with E-state index in [0.717, 1.165) is 28.9 Å². The molecular formula is C25H30N4O3S. The Labute approximate surface area is 200 Å². The van der Waals surface area contributed by atoms with Crippen molar-refractivity contribution in [1.82, 2.24) is 10.2 Å². The van der Waals surface area contributed by atoms with Crippen LogP contribution in [0.25, 0.3) is 0 Å². The van der Waals surface area contributed by atoms with Crippen molar-refractivity contribution >= 4 is 40.7 Å². The Morgan fingerprint density at radius 3 is 2.39 bits per heavy atom. The van der Waals surface area contributed by atoms with Crippen LogP contribution in [0, 0.1) is 0 Å². The minimum absolute atomic E-state index is 0.290. The Hall–Kier alpha value is -3.39. The normalized spacial score (nSPS) is 15.7. The fraction of sp³-hybridized carbons (Fsp3) is 0.320. The Bertz CT molecular complexity index is 1070. The molecule has 174 valence electrons. The molecule has 33 heavy (non-hydrogen) atoms. The van der Waals surface area contributed by atoms with Gasteiger partial charge in [-0.2, -0.15) is 0 Å². The molecule has 1 heterocycles. The summed E-state index contributed by atoms with van der Waals surface area (Å²) in [5.41, 5.74) is 4.68. The number of allylic oxidation sites excluding steroid dienone is 1. The molecule has 2 aromatic carbocycles. The number of hydrogen-bond acceptors (Lipinski definition) is 4. The Kier molecular flexibility index (Phi) is 8.06. The van der Waals surface area contributed by atoms with Crippen LogP contribution in [0.4, 0.5) is 16.2 Å². The molecule has 2 amide bonds. The summed E-state index contributed by atoms with van der Waals surface area (Å²) in [4.78, 5) is 27.0. The second-order valence-corrected chi connectivity index (χ2v) is 7.99. The summed E-state index contributed by atoms with van der Waals surface area (Å²) in [6.45, 7) is 8.64. The average Bonchev–Trinajstić information content (AvgIpc) is 2.79. The molecule has 3 N–H and O–H groups in total. The first-order chi connectivity index (χ1) is 15.9. The van der Waals surface area contributed by atoms with Crippen molar-refractivity contribution in [1.29, 1.82) is 0 Å². The van der Waals surface area contributed by atoms with E-state index >= 15 is 0 Å². The zero-order valence-corrected chi connectivity index (χ0v) is 20.2. The predicted molar refractivity (Wildman–Crippen MR) is 135 cm³/mol. The number of esters is 1. The number of benzene rings is 2. The van der Waals surface area contributed by atoms with E-state index in [1.807, 2.05) is 55.1 Å². The maximum absolute atomic E-state index is 12.7. The lowest BCUT2D eigenvalue weighted by Crippen LogP contribution is -2.47. The van der Waals surface area contributed by atoms with Gasteiger partial charge in [-0.3, -0.25) is 0 Å². The third-order valence-corrected chi connectivity index (χ3v) is 5.84. The SMILES string of the molecule is CCOC(=O)C1=C(C)N(CC)C(=S)NC1c1ccc(NC(=O)Nc2cccc(CC)c2)cc1. The van der Waals surface area contributed by atoms with Gasteiger partial charge in [-0.25, -0.2) is 9.59 Å². The zero-order chi connectivity index (χ0) is 24.0. The van der Waals surface area contributed by atoms with Crippen LogP contribution in [0.15, 0.2) is 59.8 Å². The third-order valence-electron chi connectivity index (χ3n) is 5.50. The maximum atomic E-state index is 12.7. The van der Waals surface area contributed by atoms with Crippen molar-refractivity contribution in [2.45, 2.75) is 40.2 Å². The van der Waals surface area contributed by atoms with Gasteiger partial charge in [0.25, 0.3) is 0 Å². The number of thiocarbonyl (C=S) groups is 1. The van der Waals surface area contributed by atoms with Gasteiger partial charge in [-0.15, -0.1) is 0 Å². The quantitative estimate of drug-likeness (QED) is 0.394. The van der Waals surface area contributed by atoms with Crippen molar-refractivity contribution in [3.63, 3.8) is 0 Å². The van der Waals surface area contributed by atoms with Crippen LogP contribution in [0.1, 0.15) is 44.9 Å². The van der Waals surface area contributed by atoms with Crippen molar-refractivity contribution in [3.8, 4) is 0 Å². The second-order valence-electron chi connectivity index (χ2n) is 7.60. The summed E-state index contributed by atoms with van der Waals surface area (Å²) in [6, 6.07) is 14.3. The lowest BCUT2D eigenvalue weighted by atomic mass is 9.95. The molecule has 0 spiro atoms. The van der Waals surface area contributed by atoms with E-state index in [1.54, 1.807) is 19.1 Å². The Balaban J connectivity index is 1.77. The summed E-state index contributed by atoms with van der Waals surface area (Å²) < 4.78 is 5.31. The number of nitrogens with zero attached hydrogens (tertiary/aromatic N) is 1. The number of rotatable bonds is 7. The number of urea groups is 1. The predicted octanol–water partition coefficient (Wildman–Crippen LogP) is 4.98. The van der Waals surface area contributed by atoms with Crippen molar-refractivity contribution < 1.29 is 14.3 Å². The van der Waals surface area contributed by atoms with E-state index in [4.69, 9.17) is 17.0 Å². The molecule has 1 unspecified atom stereocenters. The molecule has 3 rings (SSSR count). The molecule has 1 aliphatic rings. The van der Waals surface area contributed by atoms with Gasteiger partial charge in [0.15, 0.2) is 5.11 Å². The highest BCUT2D eigenvalue weighted by Crippen LogP contribution is 2.32. The largest absolute Gasteiger partial charge is 0.463 e. The van der Waals surface area contributed by atoms with Gasteiger partial charge in [0.05, 0.1) is 18.2 Å². The van der Waals surface area contributed by atoms with Crippen LogP contribution < -0.4 is 16.0 Å². The summed E-state index contributed by atoms with van der Waals surface area (Å²) in [6.07, 6.45) is 0.898. The number of hydrogen-bond donors (Lipinski definition) is 3. The second kappa shape index (κ2) is 11.0. The van der Waals surface area contributed by atoms with Gasteiger partial charge in [-0.05, 0) is 74.8 Å². The first-order valence-electron chi connectivity index (χ1n) is 11.1. The molecule has 0 aromatic heterocycles. The van der Waals surface area contributed by atoms with Crippen molar-refractivity contribution in [2.24, 2.45) is 0 Å². The average molecular weight is 467 g/mol. The topological polar surface area (TPSA) is 82.7 Å². The summed E-state index contributed by atoms with van der Waals surface area (Å²) >= 11 is 5.51. The first kappa shape index (κ1) is 24.3. The fourth-order valence-corrected chi connectivity index (χ4v) is 4.19. The van der Waals surface area contributed by atoms with Crippen molar-refractivity contribution in [2.75, 3.05) is 23.8 Å². The molecule has 2 aromatic rings. The van der Waals surface area contributed by atoms with Crippen LogP contribution in [-0.4, -0.2) is 35.2 Å². The molecule has 0 saturated carbocycles. The highest BCUT2D eigenvalue weighted by atomic mass is 32.1. The van der Waals surface area contributed by atoms with Gasteiger partial charge in [0.2, 0.25) is 0 Å². The molecule has 7 nitrogen and oxygen atoms in total. The molecule has 0 saturated heterocycles. The van der Waals surface area contributed by atoms with E-state index < -0.39 is 6.04 Å². The van der Waals surface area contributed by atoms with Crippen LogP contribution in [0.3, 0.4) is 0 Å². The summed E-state index contributed by atoms with van der Waals surface area (Å²) in [5, 5.41) is 9.50. The van der Waals surface area contributed by atoms with Gasteiger partial charge in [0.1, 0.15) is 0 Å². The van der Waals surface area contributed by atoms with Crippen LogP contribution >= 0.6 is 12.2 Å². The monoisotopic (exact) mass is 466 g/mol. The molecule has 1 atom stereocenters. The van der Waals surface area contributed by atoms with E-state index in [2.05, 4.69) is 22.9 Å². The van der Waals surface area contributed by atoms with E-state index in [9.17, 15) is 9.59 Å². The first-order valence-corrected chi connectivity index (χ1v) is 11.5. The Morgan fingerprint density at radius 1 is 1.06 bits per heavy atom. The number of nitrogens with one attached hydrogen (secondary N) is 3. The zero-order valence-electron chi connectivity index (χ0n) is 19.4. The summed E-state index contributed by atoms with van der Waals surface area (Å²) in [7, 11) is 0. The van der Waals surface area contributed by atoms with E-state index in [0.29, 0.717) is 22.9 Å². The van der Waals surface area contributed by atoms with Gasteiger partial charge < -0.3 is 25.6 Å². The smallest absolute Gasteiger partial charge is 0.338 e. The summed E-state index contributed by atoms with van der Waals surface area (Å²) in [5.74, 6) is -0.371. The number of carbonyl (C=O) groups excluding carboxylic acids is 2. The molecule has 0 aliphatic carbocycles. The molecule has 0 fully saturated rings. The number of amides is 2.